The number of amides is 1. The maximum absolute atomic E-state index is 14.4. The van der Waals surface area contributed by atoms with Gasteiger partial charge >= 0.3 is 0 Å². The summed E-state index contributed by atoms with van der Waals surface area (Å²) in [6.07, 6.45) is 1.63. The highest BCUT2D eigenvalue weighted by Gasteiger charge is 2.42. The monoisotopic (exact) mass is 560 g/mol. The molecule has 0 spiro atoms. The normalized spacial score (nSPS) is 16.6. The average molecular weight is 561 g/mol. The standard InChI is InChI=1S/C30H37FN6O2Si/c1-18-11-23(31)21(27(38)33-6)14-25(18)37-28-34-10-9-24(36-28)19-12-20(15-32)26-22(13-19)30(5,16-35-26)17-39-40(7,8)29(2,3)4/h9-14,35H,16-17H2,1-8H3,(H,33,38)(H,34,36,37)/t30-/m1/s1. The molecular weight excluding hydrogens is 523 g/mol. The fraction of sp³-hybridized carbons (Fsp3) is 0.400. The molecular formula is C30H37FN6O2Si. The molecule has 1 aliphatic rings. The largest absolute Gasteiger partial charge is 0.416 e. The predicted octanol–water partition coefficient (Wildman–Crippen LogP) is 6.27. The Kier molecular flexibility index (Phi) is 7.76. The molecule has 0 bridgehead atoms. The molecule has 3 N–H and O–H groups in total. The van der Waals surface area contributed by atoms with Gasteiger partial charge in [0.05, 0.1) is 22.5 Å². The Bertz CT molecular complexity index is 1510. The number of hydrogen-bond acceptors (Lipinski definition) is 7. The number of fused-ring (bicyclic) bond motifs is 1. The van der Waals surface area contributed by atoms with Crippen LogP contribution in [0.25, 0.3) is 11.3 Å². The first-order valence-corrected chi connectivity index (χ1v) is 16.2. The van der Waals surface area contributed by atoms with Gasteiger partial charge in [-0.15, -0.1) is 0 Å². The van der Waals surface area contributed by atoms with Crippen molar-refractivity contribution < 1.29 is 13.6 Å². The third-order valence-corrected chi connectivity index (χ3v) is 12.6. The number of nitrogens with one attached hydrogen (secondary N) is 3. The molecule has 210 valence electrons. The van der Waals surface area contributed by atoms with Crippen molar-refractivity contribution in [3.8, 4) is 17.3 Å². The number of carbonyl (C=O) groups is 1. The van der Waals surface area contributed by atoms with Crippen molar-refractivity contribution in [2.24, 2.45) is 0 Å². The molecule has 40 heavy (non-hydrogen) atoms. The van der Waals surface area contributed by atoms with Crippen molar-refractivity contribution in [3.05, 3.63) is 64.6 Å². The Morgan fingerprint density at radius 1 is 1.27 bits per heavy atom. The van der Waals surface area contributed by atoms with Gasteiger partial charge in [0.15, 0.2) is 8.32 Å². The van der Waals surface area contributed by atoms with E-state index in [9.17, 15) is 14.4 Å². The molecule has 1 amide bonds. The van der Waals surface area contributed by atoms with Crippen LogP contribution >= 0.6 is 0 Å². The fourth-order valence-corrected chi connectivity index (χ4v) is 5.54. The van der Waals surface area contributed by atoms with E-state index in [1.807, 2.05) is 6.07 Å². The molecule has 4 rings (SSSR count). The Morgan fingerprint density at radius 3 is 2.65 bits per heavy atom. The van der Waals surface area contributed by atoms with E-state index in [-0.39, 0.29) is 22.0 Å². The molecule has 2 heterocycles. The molecule has 0 aliphatic carbocycles. The van der Waals surface area contributed by atoms with Crippen LogP contribution in [0.1, 0.15) is 54.7 Å². The quantitative estimate of drug-likeness (QED) is 0.292. The second kappa shape index (κ2) is 10.6. The van der Waals surface area contributed by atoms with Crippen LogP contribution in [0.2, 0.25) is 18.1 Å². The number of carbonyl (C=O) groups excluding carboxylic acids is 1. The zero-order chi connectivity index (χ0) is 29.5. The topological polar surface area (TPSA) is 112 Å². The van der Waals surface area contributed by atoms with Gasteiger partial charge in [-0.25, -0.2) is 14.4 Å². The van der Waals surface area contributed by atoms with Crippen molar-refractivity contribution >= 4 is 31.5 Å². The number of nitriles is 1. The van der Waals surface area contributed by atoms with Crippen LogP contribution in [0.5, 0.6) is 0 Å². The van der Waals surface area contributed by atoms with Gasteiger partial charge in [-0.2, -0.15) is 5.26 Å². The van der Waals surface area contributed by atoms with Crippen LogP contribution in [0.15, 0.2) is 36.5 Å². The first-order chi connectivity index (χ1) is 18.7. The Balaban J connectivity index is 1.68. The van der Waals surface area contributed by atoms with Crippen LogP contribution in [0.3, 0.4) is 0 Å². The lowest BCUT2D eigenvalue weighted by Crippen LogP contribution is -2.45. The molecule has 1 aromatic heterocycles. The highest BCUT2D eigenvalue weighted by atomic mass is 28.4. The molecule has 0 saturated carbocycles. The number of hydrogen-bond donors (Lipinski definition) is 3. The molecule has 0 radical (unpaired) electrons. The van der Waals surface area contributed by atoms with Crippen LogP contribution in [-0.4, -0.2) is 44.4 Å². The second-order valence-electron chi connectivity index (χ2n) is 12.1. The van der Waals surface area contributed by atoms with Gasteiger partial charge in [-0.1, -0.05) is 27.7 Å². The van der Waals surface area contributed by atoms with Crippen molar-refractivity contribution in [1.82, 2.24) is 15.3 Å². The van der Waals surface area contributed by atoms with Gasteiger partial charge in [0.25, 0.3) is 5.91 Å². The Morgan fingerprint density at radius 2 is 2.00 bits per heavy atom. The van der Waals surface area contributed by atoms with Crippen molar-refractivity contribution in [2.75, 3.05) is 30.8 Å². The zero-order valence-corrected chi connectivity index (χ0v) is 25.4. The molecule has 1 aliphatic heterocycles. The van der Waals surface area contributed by atoms with Crippen molar-refractivity contribution in [1.29, 1.82) is 5.26 Å². The highest BCUT2D eigenvalue weighted by molar-refractivity contribution is 6.74. The summed E-state index contributed by atoms with van der Waals surface area (Å²) in [6.45, 7) is 16.3. The highest BCUT2D eigenvalue weighted by Crippen LogP contribution is 2.44. The van der Waals surface area contributed by atoms with Gasteiger partial charge in [0, 0.05) is 43.1 Å². The van der Waals surface area contributed by atoms with E-state index < -0.39 is 20.0 Å². The smallest absolute Gasteiger partial charge is 0.254 e. The SMILES string of the molecule is CNC(=O)c1cc(Nc2nccc(-c3cc(C#N)c4c(c3)[C@@](C)(CO[Si](C)(C)C(C)(C)C)CN4)n2)c(C)cc1F. The minimum Gasteiger partial charge on any atom is -0.416 e. The number of anilines is 3. The van der Waals surface area contributed by atoms with Crippen LogP contribution in [0.4, 0.5) is 21.7 Å². The number of rotatable bonds is 7. The van der Waals surface area contributed by atoms with E-state index in [4.69, 9.17) is 9.41 Å². The summed E-state index contributed by atoms with van der Waals surface area (Å²) in [5.41, 5.74) is 4.55. The Hall–Kier alpha value is -3.81. The summed E-state index contributed by atoms with van der Waals surface area (Å²) in [4.78, 5) is 21.1. The zero-order valence-electron chi connectivity index (χ0n) is 24.4. The van der Waals surface area contributed by atoms with Gasteiger partial charge in [-0.3, -0.25) is 4.79 Å². The fourth-order valence-electron chi connectivity index (χ4n) is 4.42. The number of benzene rings is 2. The first kappa shape index (κ1) is 29.2. The Labute approximate surface area is 236 Å². The van der Waals surface area contributed by atoms with Crippen molar-refractivity contribution in [2.45, 2.75) is 58.2 Å². The molecule has 0 fully saturated rings. The molecule has 0 saturated heterocycles. The van der Waals surface area contributed by atoms with Crippen LogP contribution in [-0.2, 0) is 9.84 Å². The van der Waals surface area contributed by atoms with Crippen LogP contribution in [0, 0.1) is 24.1 Å². The van der Waals surface area contributed by atoms with E-state index in [1.54, 1.807) is 19.2 Å². The van der Waals surface area contributed by atoms with Gasteiger partial charge in [0.2, 0.25) is 5.95 Å². The summed E-state index contributed by atoms with van der Waals surface area (Å²) in [5.74, 6) is -0.837. The van der Waals surface area contributed by atoms with Crippen molar-refractivity contribution in [3.63, 3.8) is 0 Å². The number of halogens is 1. The van der Waals surface area contributed by atoms with E-state index >= 15 is 0 Å². The van der Waals surface area contributed by atoms with Gasteiger partial charge < -0.3 is 20.4 Å². The lowest BCUT2D eigenvalue weighted by Gasteiger charge is -2.39. The maximum atomic E-state index is 14.4. The minimum atomic E-state index is -1.98. The summed E-state index contributed by atoms with van der Waals surface area (Å²) in [7, 11) is -0.525. The molecule has 8 nitrogen and oxygen atoms in total. The summed E-state index contributed by atoms with van der Waals surface area (Å²) < 4.78 is 21.0. The molecule has 0 unspecified atom stereocenters. The second-order valence-corrected chi connectivity index (χ2v) is 16.9. The predicted molar refractivity (Wildman–Crippen MR) is 159 cm³/mol. The van der Waals surface area contributed by atoms with Gasteiger partial charge in [-0.05, 0) is 66.5 Å². The lowest BCUT2D eigenvalue weighted by molar-refractivity contribution is 0.0959. The molecule has 2 aromatic carbocycles. The van der Waals surface area contributed by atoms with Crippen LogP contribution < -0.4 is 16.0 Å². The summed E-state index contributed by atoms with van der Waals surface area (Å²) >= 11 is 0. The molecule has 1 atom stereocenters. The summed E-state index contributed by atoms with van der Waals surface area (Å²) in [6, 6.07) is 10.8. The molecule has 3 aromatic rings. The number of aromatic nitrogens is 2. The minimum absolute atomic E-state index is 0.0734. The van der Waals surface area contributed by atoms with E-state index in [0.29, 0.717) is 35.7 Å². The maximum Gasteiger partial charge on any atom is 0.254 e. The number of nitrogens with zero attached hydrogens (tertiary/aromatic N) is 3. The summed E-state index contributed by atoms with van der Waals surface area (Å²) in [5, 5.41) is 19.1. The van der Waals surface area contributed by atoms with E-state index in [1.165, 1.54) is 19.2 Å². The van der Waals surface area contributed by atoms with Gasteiger partial charge in [0.1, 0.15) is 11.9 Å². The lowest BCUT2D eigenvalue weighted by atomic mass is 9.83. The average Bonchev–Trinajstić information content (AvgIpc) is 3.24. The third kappa shape index (κ3) is 5.57. The van der Waals surface area contributed by atoms with E-state index in [0.717, 1.165) is 16.8 Å². The third-order valence-electron chi connectivity index (χ3n) is 8.11. The molecule has 10 heteroatoms. The van der Waals surface area contributed by atoms with E-state index in [2.05, 4.69) is 73.9 Å². The first-order valence-electron chi connectivity index (χ1n) is 13.3. The number of aryl methyl sites for hydroxylation is 1.